The van der Waals surface area contributed by atoms with Crippen LogP contribution in [0.1, 0.15) is 15.9 Å². The minimum absolute atomic E-state index is 0.0173. The predicted octanol–water partition coefficient (Wildman–Crippen LogP) is 2.98. The molecule has 1 aliphatic heterocycles. The number of piperazine rings is 1. The molecule has 1 aliphatic rings. The normalized spacial score (nSPS) is 14.4. The summed E-state index contributed by atoms with van der Waals surface area (Å²) in [5.74, 6) is -0.422. The molecule has 2 N–H and O–H groups in total. The van der Waals surface area contributed by atoms with Crippen molar-refractivity contribution in [2.24, 2.45) is 5.73 Å². The molecule has 0 atom stereocenters. The number of carbonyl (C=O) groups excluding carboxylic acids is 2. The third-order valence-corrected chi connectivity index (χ3v) is 5.25. The Hall–Kier alpha value is -2.24. The SMILES string of the molecule is NC(=O)c1ccc(N2CCN(C(=O)Cc3c(Cl)cccc3Cl)CC2)cc1. The molecule has 1 heterocycles. The first-order chi connectivity index (χ1) is 12.5. The van der Waals surface area contributed by atoms with Crippen LogP contribution in [0.4, 0.5) is 5.69 Å². The van der Waals surface area contributed by atoms with Gasteiger partial charge in [-0.1, -0.05) is 29.3 Å². The molecule has 0 radical (unpaired) electrons. The van der Waals surface area contributed by atoms with Crippen molar-refractivity contribution >= 4 is 40.7 Å². The molecule has 136 valence electrons. The van der Waals surface area contributed by atoms with Crippen molar-refractivity contribution in [3.63, 3.8) is 0 Å². The number of hydrogen-bond donors (Lipinski definition) is 1. The Morgan fingerprint density at radius 2 is 1.50 bits per heavy atom. The van der Waals surface area contributed by atoms with E-state index >= 15 is 0 Å². The van der Waals surface area contributed by atoms with Gasteiger partial charge in [-0.2, -0.15) is 0 Å². The molecule has 26 heavy (non-hydrogen) atoms. The van der Waals surface area contributed by atoms with Crippen LogP contribution in [-0.2, 0) is 11.2 Å². The number of amides is 2. The van der Waals surface area contributed by atoms with Crippen LogP contribution in [-0.4, -0.2) is 42.9 Å². The third kappa shape index (κ3) is 4.11. The maximum Gasteiger partial charge on any atom is 0.248 e. The van der Waals surface area contributed by atoms with Crippen molar-refractivity contribution in [3.05, 3.63) is 63.6 Å². The number of anilines is 1. The highest BCUT2D eigenvalue weighted by Gasteiger charge is 2.22. The minimum atomic E-state index is -0.440. The summed E-state index contributed by atoms with van der Waals surface area (Å²) in [5.41, 5.74) is 7.43. The smallest absolute Gasteiger partial charge is 0.248 e. The predicted molar refractivity (Wildman–Crippen MR) is 104 cm³/mol. The van der Waals surface area contributed by atoms with Gasteiger partial charge in [0.25, 0.3) is 0 Å². The zero-order valence-corrected chi connectivity index (χ0v) is 15.6. The second-order valence-corrected chi connectivity index (χ2v) is 6.97. The fraction of sp³-hybridized carbons (Fsp3) is 0.263. The van der Waals surface area contributed by atoms with Gasteiger partial charge in [0.2, 0.25) is 11.8 Å². The lowest BCUT2D eigenvalue weighted by molar-refractivity contribution is -0.130. The van der Waals surface area contributed by atoms with Crippen molar-refractivity contribution in [3.8, 4) is 0 Å². The van der Waals surface area contributed by atoms with Gasteiger partial charge in [0.15, 0.2) is 0 Å². The highest BCUT2D eigenvalue weighted by Crippen LogP contribution is 2.25. The summed E-state index contributed by atoms with van der Waals surface area (Å²) in [6.07, 6.45) is 0.200. The summed E-state index contributed by atoms with van der Waals surface area (Å²) < 4.78 is 0. The summed E-state index contributed by atoms with van der Waals surface area (Å²) in [4.78, 5) is 27.7. The summed E-state index contributed by atoms with van der Waals surface area (Å²) in [6, 6.07) is 12.4. The molecular formula is C19H19Cl2N3O2. The molecule has 0 saturated carbocycles. The van der Waals surface area contributed by atoms with Gasteiger partial charge >= 0.3 is 0 Å². The Balaban J connectivity index is 1.59. The molecule has 0 bridgehead atoms. The Kier molecular flexibility index (Phi) is 5.69. The summed E-state index contributed by atoms with van der Waals surface area (Å²) >= 11 is 12.3. The van der Waals surface area contributed by atoms with E-state index in [1.807, 2.05) is 17.0 Å². The molecule has 2 aromatic rings. The largest absolute Gasteiger partial charge is 0.368 e. The Labute approximate surface area is 162 Å². The molecule has 1 fully saturated rings. The lowest BCUT2D eigenvalue weighted by atomic mass is 10.1. The quantitative estimate of drug-likeness (QED) is 0.870. The number of halogens is 2. The zero-order valence-electron chi connectivity index (χ0n) is 14.1. The van der Waals surface area contributed by atoms with E-state index in [1.54, 1.807) is 30.3 Å². The lowest BCUT2D eigenvalue weighted by Crippen LogP contribution is -2.49. The molecule has 1 saturated heterocycles. The van der Waals surface area contributed by atoms with Gasteiger partial charge in [-0.3, -0.25) is 9.59 Å². The van der Waals surface area contributed by atoms with E-state index in [1.165, 1.54) is 0 Å². The second kappa shape index (κ2) is 7.98. The van der Waals surface area contributed by atoms with E-state index < -0.39 is 5.91 Å². The molecule has 5 nitrogen and oxygen atoms in total. The van der Waals surface area contributed by atoms with Crippen LogP contribution in [0.2, 0.25) is 10.0 Å². The topological polar surface area (TPSA) is 66.6 Å². The zero-order chi connectivity index (χ0) is 18.7. The standard InChI is InChI=1S/C19H19Cl2N3O2/c20-16-2-1-3-17(21)15(16)12-18(25)24-10-8-23(9-11-24)14-6-4-13(5-7-14)19(22)26/h1-7H,8-12H2,(H2,22,26). The van der Waals surface area contributed by atoms with Gasteiger partial charge < -0.3 is 15.5 Å². The lowest BCUT2D eigenvalue weighted by Gasteiger charge is -2.36. The average molecular weight is 392 g/mol. The maximum atomic E-state index is 12.6. The van der Waals surface area contributed by atoms with Gasteiger partial charge in [-0.05, 0) is 42.0 Å². The molecule has 2 amide bonds. The Morgan fingerprint density at radius 3 is 2.04 bits per heavy atom. The van der Waals surface area contributed by atoms with Crippen LogP contribution >= 0.6 is 23.2 Å². The van der Waals surface area contributed by atoms with Gasteiger partial charge in [-0.15, -0.1) is 0 Å². The van der Waals surface area contributed by atoms with Crippen LogP contribution in [0.15, 0.2) is 42.5 Å². The van der Waals surface area contributed by atoms with Crippen LogP contribution < -0.4 is 10.6 Å². The van der Waals surface area contributed by atoms with E-state index in [9.17, 15) is 9.59 Å². The highest BCUT2D eigenvalue weighted by molar-refractivity contribution is 6.36. The molecule has 0 aromatic heterocycles. The number of hydrogen-bond acceptors (Lipinski definition) is 3. The van der Waals surface area contributed by atoms with Gasteiger partial charge in [0, 0.05) is 47.5 Å². The van der Waals surface area contributed by atoms with Crippen LogP contribution in [0, 0.1) is 0 Å². The minimum Gasteiger partial charge on any atom is -0.368 e. The number of rotatable bonds is 4. The van der Waals surface area contributed by atoms with E-state index in [2.05, 4.69) is 4.90 Å². The summed E-state index contributed by atoms with van der Waals surface area (Å²) in [6.45, 7) is 2.69. The highest BCUT2D eigenvalue weighted by atomic mass is 35.5. The first-order valence-corrected chi connectivity index (χ1v) is 9.07. The molecular weight excluding hydrogens is 373 g/mol. The van der Waals surface area contributed by atoms with Gasteiger partial charge in [0.1, 0.15) is 0 Å². The summed E-state index contributed by atoms with van der Waals surface area (Å²) in [5, 5.41) is 1.03. The van der Waals surface area contributed by atoms with Crippen molar-refractivity contribution in [1.29, 1.82) is 0 Å². The number of primary amides is 1. The van der Waals surface area contributed by atoms with Crippen LogP contribution in [0.25, 0.3) is 0 Å². The monoisotopic (exact) mass is 391 g/mol. The Morgan fingerprint density at radius 1 is 0.923 bits per heavy atom. The van der Waals surface area contributed by atoms with E-state index in [0.717, 1.165) is 18.8 Å². The van der Waals surface area contributed by atoms with Crippen molar-refractivity contribution in [2.45, 2.75) is 6.42 Å². The van der Waals surface area contributed by atoms with E-state index in [0.29, 0.717) is 34.3 Å². The van der Waals surface area contributed by atoms with Crippen molar-refractivity contribution < 1.29 is 9.59 Å². The van der Waals surface area contributed by atoms with Crippen molar-refractivity contribution in [1.82, 2.24) is 4.90 Å². The van der Waals surface area contributed by atoms with E-state index in [4.69, 9.17) is 28.9 Å². The fourth-order valence-corrected chi connectivity index (χ4v) is 3.55. The average Bonchev–Trinajstić information content (AvgIpc) is 2.65. The third-order valence-electron chi connectivity index (χ3n) is 4.54. The first kappa shape index (κ1) is 18.5. The molecule has 0 unspecified atom stereocenters. The molecule has 0 spiro atoms. The van der Waals surface area contributed by atoms with E-state index in [-0.39, 0.29) is 12.3 Å². The van der Waals surface area contributed by atoms with Gasteiger partial charge in [-0.25, -0.2) is 0 Å². The number of nitrogens with two attached hydrogens (primary N) is 1. The van der Waals surface area contributed by atoms with Gasteiger partial charge in [0.05, 0.1) is 6.42 Å². The number of benzene rings is 2. The summed E-state index contributed by atoms with van der Waals surface area (Å²) in [7, 11) is 0. The van der Waals surface area contributed by atoms with Crippen molar-refractivity contribution in [2.75, 3.05) is 31.1 Å². The second-order valence-electron chi connectivity index (χ2n) is 6.16. The maximum absolute atomic E-state index is 12.6. The molecule has 0 aliphatic carbocycles. The molecule has 7 heteroatoms. The number of nitrogens with zero attached hydrogens (tertiary/aromatic N) is 2. The molecule has 3 rings (SSSR count). The molecule has 2 aromatic carbocycles. The first-order valence-electron chi connectivity index (χ1n) is 8.31. The fourth-order valence-electron chi connectivity index (χ4n) is 3.01. The Bertz CT molecular complexity index is 796. The number of carbonyl (C=O) groups is 2. The van der Waals surface area contributed by atoms with Crippen LogP contribution in [0.3, 0.4) is 0 Å². The van der Waals surface area contributed by atoms with Crippen LogP contribution in [0.5, 0.6) is 0 Å².